The highest BCUT2D eigenvalue weighted by Gasteiger charge is 2.21. The summed E-state index contributed by atoms with van der Waals surface area (Å²) in [5.41, 5.74) is 5.73. The topological polar surface area (TPSA) is 72.0 Å². The molecule has 0 fully saturated rings. The molecule has 0 spiro atoms. The molecule has 29 heavy (non-hydrogen) atoms. The molecule has 2 aromatic heterocycles. The first-order valence-corrected chi connectivity index (χ1v) is 11.5. The van der Waals surface area contributed by atoms with Crippen LogP contribution in [0, 0.1) is 27.7 Å². The van der Waals surface area contributed by atoms with Gasteiger partial charge in [-0.15, -0.1) is 0 Å². The lowest BCUT2D eigenvalue weighted by Crippen LogP contribution is -2.16. The first-order chi connectivity index (χ1) is 13.7. The predicted molar refractivity (Wildman–Crippen MR) is 119 cm³/mol. The van der Waals surface area contributed by atoms with E-state index in [0.29, 0.717) is 10.6 Å². The van der Waals surface area contributed by atoms with Gasteiger partial charge in [-0.2, -0.15) is 0 Å². The van der Waals surface area contributed by atoms with Crippen LogP contribution >= 0.6 is 11.3 Å². The maximum Gasteiger partial charge on any atom is 0.262 e. The number of nitrogens with one attached hydrogen (secondary N) is 1. The van der Waals surface area contributed by atoms with E-state index in [-0.39, 0.29) is 0 Å². The van der Waals surface area contributed by atoms with Crippen LogP contribution in [-0.4, -0.2) is 18.4 Å². The van der Waals surface area contributed by atoms with Gasteiger partial charge in [0.05, 0.1) is 10.6 Å². The molecule has 5 nitrogen and oxygen atoms in total. The van der Waals surface area contributed by atoms with Crippen molar-refractivity contribution in [1.82, 2.24) is 9.97 Å². The Hall–Kier alpha value is -2.77. The van der Waals surface area contributed by atoms with Crippen LogP contribution in [0.15, 0.2) is 53.6 Å². The van der Waals surface area contributed by atoms with Gasteiger partial charge in [0.25, 0.3) is 10.0 Å². The van der Waals surface area contributed by atoms with Crippen molar-refractivity contribution >= 4 is 37.4 Å². The predicted octanol–water partition coefficient (Wildman–Crippen LogP) is 5.39. The van der Waals surface area contributed by atoms with Gasteiger partial charge in [-0.25, -0.2) is 18.4 Å². The van der Waals surface area contributed by atoms with Crippen molar-refractivity contribution in [3.8, 4) is 10.6 Å². The van der Waals surface area contributed by atoms with Crippen LogP contribution < -0.4 is 4.72 Å². The number of thiazole rings is 1. The molecule has 0 saturated heterocycles. The van der Waals surface area contributed by atoms with Gasteiger partial charge < -0.3 is 0 Å². The van der Waals surface area contributed by atoms with Crippen LogP contribution in [0.2, 0.25) is 0 Å². The normalized spacial score (nSPS) is 11.7. The second-order valence-corrected chi connectivity index (χ2v) is 9.81. The average Bonchev–Trinajstić information content (AvgIpc) is 3.06. The second-order valence-electron chi connectivity index (χ2n) is 7.21. The molecule has 4 aromatic rings. The van der Waals surface area contributed by atoms with E-state index in [4.69, 9.17) is 0 Å². The number of fused-ring (bicyclic) bond motifs is 1. The molecule has 148 valence electrons. The van der Waals surface area contributed by atoms with Gasteiger partial charge in [0.15, 0.2) is 0 Å². The van der Waals surface area contributed by atoms with Gasteiger partial charge >= 0.3 is 0 Å². The van der Waals surface area contributed by atoms with Gasteiger partial charge in [0, 0.05) is 11.8 Å². The Morgan fingerprint density at radius 3 is 2.31 bits per heavy atom. The third-order valence-electron chi connectivity index (χ3n) is 4.76. The van der Waals surface area contributed by atoms with Gasteiger partial charge in [-0.05, 0) is 74.7 Å². The lowest BCUT2D eigenvalue weighted by Gasteiger charge is -2.15. The zero-order valence-electron chi connectivity index (χ0n) is 16.6. The maximum absolute atomic E-state index is 13.0. The molecule has 4 rings (SSSR count). The zero-order valence-corrected chi connectivity index (χ0v) is 18.3. The summed E-state index contributed by atoms with van der Waals surface area (Å²) in [4.78, 5) is 10.2. The fraction of sp³-hybridized carbons (Fsp3) is 0.182. The highest BCUT2D eigenvalue weighted by Crippen LogP contribution is 2.32. The van der Waals surface area contributed by atoms with E-state index < -0.39 is 10.0 Å². The number of nitrogens with zero attached hydrogens (tertiary/aromatic N) is 2. The number of benzene rings is 2. The van der Waals surface area contributed by atoms with Gasteiger partial charge in [0.2, 0.25) is 0 Å². The molecule has 2 aromatic carbocycles. The van der Waals surface area contributed by atoms with E-state index in [9.17, 15) is 8.42 Å². The molecule has 0 unspecified atom stereocenters. The molecule has 0 radical (unpaired) electrons. The molecule has 0 amide bonds. The minimum absolute atomic E-state index is 0.337. The highest BCUT2D eigenvalue weighted by molar-refractivity contribution is 7.92. The third-order valence-corrected chi connectivity index (χ3v) is 7.46. The number of rotatable bonds is 4. The quantitative estimate of drug-likeness (QED) is 0.477. The SMILES string of the molecule is Cc1cc(C)c(S(=O)(=O)Nc2ccc(-c3nc4cccnc4s3)cc2C)c(C)c1. The standard InChI is InChI=1S/C22H21N3O2S2/c1-13-10-15(3)20(16(4)11-13)29(26,27)25-18-8-7-17(12-14(18)2)21-24-19-6-5-9-23-22(19)28-21/h5-12,25H,1-4H3. The zero-order chi connectivity index (χ0) is 20.8. The van der Waals surface area contributed by atoms with Crippen LogP contribution in [0.5, 0.6) is 0 Å². The molecule has 0 bridgehead atoms. The summed E-state index contributed by atoms with van der Waals surface area (Å²) >= 11 is 1.52. The molecule has 0 aliphatic rings. The number of anilines is 1. The van der Waals surface area contributed by atoms with Crippen LogP contribution in [0.1, 0.15) is 22.3 Å². The molecule has 0 aliphatic heterocycles. The maximum atomic E-state index is 13.0. The van der Waals surface area contributed by atoms with E-state index in [1.807, 2.05) is 64.1 Å². The molecular weight excluding hydrogens is 402 g/mol. The summed E-state index contributed by atoms with van der Waals surface area (Å²) in [5, 5.41) is 0.862. The highest BCUT2D eigenvalue weighted by atomic mass is 32.2. The van der Waals surface area contributed by atoms with Crippen molar-refractivity contribution in [2.45, 2.75) is 32.6 Å². The fourth-order valence-corrected chi connectivity index (χ4v) is 6.08. The summed E-state index contributed by atoms with van der Waals surface area (Å²) in [5.74, 6) is 0. The fourth-order valence-electron chi connectivity index (χ4n) is 3.59. The van der Waals surface area contributed by atoms with E-state index in [2.05, 4.69) is 14.7 Å². The van der Waals surface area contributed by atoms with Gasteiger partial charge in [-0.3, -0.25) is 4.72 Å². The largest absolute Gasteiger partial charge is 0.279 e. The van der Waals surface area contributed by atoms with E-state index >= 15 is 0 Å². The van der Waals surface area contributed by atoms with Crippen molar-refractivity contribution in [3.63, 3.8) is 0 Å². The average molecular weight is 424 g/mol. The smallest absolute Gasteiger partial charge is 0.262 e. The number of aromatic nitrogens is 2. The number of sulfonamides is 1. The summed E-state index contributed by atoms with van der Waals surface area (Å²) < 4.78 is 28.9. The van der Waals surface area contributed by atoms with Crippen LogP contribution in [0.3, 0.4) is 0 Å². The lowest BCUT2D eigenvalue weighted by molar-refractivity contribution is 0.600. The molecule has 1 N–H and O–H groups in total. The molecule has 0 aliphatic carbocycles. The first kappa shape index (κ1) is 19.5. The summed E-state index contributed by atoms with van der Waals surface area (Å²) in [7, 11) is -3.68. The minimum Gasteiger partial charge on any atom is -0.279 e. The Morgan fingerprint density at radius 2 is 1.66 bits per heavy atom. The Balaban J connectivity index is 1.68. The Kier molecular flexibility index (Phi) is 4.88. The molecular formula is C22H21N3O2S2. The first-order valence-electron chi connectivity index (χ1n) is 9.18. The van der Waals surface area contributed by atoms with Gasteiger partial charge in [0.1, 0.15) is 15.4 Å². The minimum atomic E-state index is -3.68. The summed E-state index contributed by atoms with van der Waals surface area (Å²) in [6, 6.07) is 13.2. The van der Waals surface area contributed by atoms with Crippen LogP contribution in [-0.2, 0) is 10.0 Å². The summed E-state index contributed by atoms with van der Waals surface area (Å²) in [6.07, 6.45) is 1.75. The number of hydrogen-bond donors (Lipinski definition) is 1. The summed E-state index contributed by atoms with van der Waals surface area (Å²) in [6.45, 7) is 7.50. The van der Waals surface area contributed by atoms with E-state index in [1.54, 1.807) is 12.3 Å². The van der Waals surface area contributed by atoms with Crippen molar-refractivity contribution in [3.05, 3.63) is 70.9 Å². The second kappa shape index (κ2) is 7.24. The van der Waals surface area contributed by atoms with Crippen LogP contribution in [0.25, 0.3) is 20.9 Å². The number of aryl methyl sites for hydroxylation is 4. The number of hydrogen-bond acceptors (Lipinski definition) is 5. The van der Waals surface area contributed by atoms with Crippen molar-refractivity contribution in [1.29, 1.82) is 0 Å². The Morgan fingerprint density at radius 1 is 0.931 bits per heavy atom. The molecule has 7 heteroatoms. The molecule has 0 saturated carbocycles. The van der Waals surface area contributed by atoms with Crippen molar-refractivity contribution in [2.24, 2.45) is 0 Å². The van der Waals surface area contributed by atoms with Crippen molar-refractivity contribution in [2.75, 3.05) is 4.72 Å². The molecule has 0 atom stereocenters. The van der Waals surface area contributed by atoms with Crippen molar-refractivity contribution < 1.29 is 8.42 Å². The Labute approximate surface area is 174 Å². The van der Waals surface area contributed by atoms with E-state index in [0.717, 1.165) is 43.2 Å². The monoisotopic (exact) mass is 423 g/mol. The number of pyridine rings is 1. The van der Waals surface area contributed by atoms with Gasteiger partial charge in [-0.1, -0.05) is 29.0 Å². The lowest BCUT2D eigenvalue weighted by atomic mass is 10.1. The third kappa shape index (κ3) is 3.75. The van der Waals surface area contributed by atoms with E-state index in [1.165, 1.54) is 11.3 Å². The Bertz CT molecular complexity index is 1290. The molecule has 2 heterocycles. The van der Waals surface area contributed by atoms with Crippen LogP contribution in [0.4, 0.5) is 5.69 Å².